The Kier molecular flexibility index (Phi) is 2.40. The number of aromatic nitrogens is 1. The summed E-state index contributed by atoms with van der Waals surface area (Å²) < 4.78 is 13.7. The summed E-state index contributed by atoms with van der Waals surface area (Å²) in [6, 6.07) is 4.49. The van der Waals surface area contributed by atoms with Gasteiger partial charge in [-0.1, -0.05) is 0 Å². The molecule has 0 radical (unpaired) electrons. The lowest BCUT2D eigenvalue weighted by Gasteiger charge is -2.08. The Hall–Kier alpha value is -2.17. The van der Waals surface area contributed by atoms with Crippen LogP contribution in [0, 0.1) is 5.82 Å². The lowest BCUT2D eigenvalue weighted by Crippen LogP contribution is -2.26. The Morgan fingerprint density at radius 3 is 2.89 bits per heavy atom. The van der Waals surface area contributed by atoms with Crippen molar-refractivity contribution in [1.29, 1.82) is 0 Å². The number of fused-ring (bicyclic) bond motifs is 1. The molecule has 4 nitrogen and oxygen atoms in total. The van der Waals surface area contributed by atoms with Gasteiger partial charge in [0.1, 0.15) is 11.5 Å². The number of nitrogens with zero attached hydrogens (tertiary/aromatic N) is 1. The van der Waals surface area contributed by atoms with E-state index < -0.39 is 5.82 Å². The zero-order chi connectivity index (χ0) is 12.7. The first-order valence-corrected chi connectivity index (χ1v) is 5.80. The number of pyridine rings is 1. The van der Waals surface area contributed by atoms with Crippen LogP contribution >= 0.6 is 0 Å². The lowest BCUT2D eigenvalue weighted by atomic mass is 10.1. The van der Waals surface area contributed by atoms with Gasteiger partial charge in [0.15, 0.2) is 0 Å². The zero-order valence-electron chi connectivity index (χ0n) is 9.61. The average molecular weight is 245 g/mol. The Morgan fingerprint density at radius 1 is 1.39 bits per heavy atom. The maximum Gasteiger partial charge on any atom is 0.270 e. The Balaban J connectivity index is 2.16. The van der Waals surface area contributed by atoms with Crippen molar-refractivity contribution in [1.82, 2.24) is 10.3 Å². The first kappa shape index (κ1) is 11.0. The summed E-state index contributed by atoms with van der Waals surface area (Å²) in [7, 11) is 0. The van der Waals surface area contributed by atoms with Crippen LogP contribution in [0.15, 0.2) is 24.4 Å². The molecule has 0 unspecified atom stereocenters. The van der Waals surface area contributed by atoms with Crippen LogP contribution in [-0.2, 0) is 0 Å². The third-order valence-electron chi connectivity index (χ3n) is 3.03. The van der Waals surface area contributed by atoms with E-state index in [1.165, 1.54) is 24.4 Å². The fraction of sp³-hybridized carbons (Fsp3) is 0.231. The number of hydrogen-bond donors (Lipinski definition) is 2. The molecule has 1 amide bonds. The quantitative estimate of drug-likeness (QED) is 0.793. The molecule has 1 aliphatic carbocycles. The van der Waals surface area contributed by atoms with Crippen LogP contribution in [0.5, 0.6) is 0 Å². The van der Waals surface area contributed by atoms with Gasteiger partial charge >= 0.3 is 0 Å². The molecule has 3 rings (SSSR count). The molecule has 0 spiro atoms. The fourth-order valence-corrected chi connectivity index (χ4v) is 1.94. The molecule has 18 heavy (non-hydrogen) atoms. The maximum atomic E-state index is 13.7. The molecule has 1 aromatic carbocycles. The minimum Gasteiger partial charge on any atom is -0.398 e. The van der Waals surface area contributed by atoms with Gasteiger partial charge in [0.05, 0.1) is 0 Å². The molecule has 0 atom stereocenters. The van der Waals surface area contributed by atoms with Crippen LogP contribution in [0.25, 0.3) is 10.8 Å². The first-order valence-electron chi connectivity index (χ1n) is 5.80. The highest BCUT2D eigenvalue weighted by Crippen LogP contribution is 2.27. The average Bonchev–Trinajstić information content (AvgIpc) is 3.17. The number of amides is 1. The molecule has 0 bridgehead atoms. The molecule has 3 N–H and O–H groups in total. The predicted octanol–water partition coefficient (Wildman–Crippen LogP) is 1.85. The summed E-state index contributed by atoms with van der Waals surface area (Å²) in [5, 5.41) is 3.54. The van der Waals surface area contributed by atoms with Gasteiger partial charge < -0.3 is 11.1 Å². The Labute approximate surface area is 103 Å². The first-order chi connectivity index (χ1) is 8.66. The summed E-state index contributed by atoms with van der Waals surface area (Å²) in [6.45, 7) is 0. The summed E-state index contributed by atoms with van der Waals surface area (Å²) in [6.07, 6.45) is 3.40. The van der Waals surface area contributed by atoms with E-state index in [1.807, 2.05) is 0 Å². The van der Waals surface area contributed by atoms with Gasteiger partial charge in [0, 0.05) is 28.7 Å². The van der Waals surface area contributed by atoms with Gasteiger partial charge in [-0.15, -0.1) is 0 Å². The predicted molar refractivity (Wildman–Crippen MR) is 66.6 cm³/mol. The van der Waals surface area contributed by atoms with Gasteiger partial charge in [0.2, 0.25) is 0 Å². The summed E-state index contributed by atoms with van der Waals surface area (Å²) in [5.74, 6) is -0.692. The second-order valence-electron chi connectivity index (χ2n) is 4.47. The minimum absolute atomic E-state index is 0.191. The van der Waals surface area contributed by atoms with Gasteiger partial charge in [-0.25, -0.2) is 4.39 Å². The van der Waals surface area contributed by atoms with E-state index in [9.17, 15) is 9.18 Å². The highest BCUT2D eigenvalue weighted by atomic mass is 19.1. The smallest absolute Gasteiger partial charge is 0.270 e. The van der Waals surface area contributed by atoms with Crippen molar-refractivity contribution < 1.29 is 9.18 Å². The molecule has 1 saturated carbocycles. The van der Waals surface area contributed by atoms with Gasteiger partial charge in [-0.2, -0.15) is 0 Å². The van der Waals surface area contributed by atoms with E-state index in [0.717, 1.165) is 12.8 Å². The third kappa shape index (κ3) is 1.77. The zero-order valence-corrected chi connectivity index (χ0v) is 9.61. The summed E-state index contributed by atoms with van der Waals surface area (Å²) in [5.41, 5.74) is 6.38. The number of halogens is 1. The highest BCUT2D eigenvalue weighted by Gasteiger charge is 2.25. The van der Waals surface area contributed by atoms with Gasteiger partial charge in [-0.3, -0.25) is 9.78 Å². The molecule has 0 aliphatic heterocycles. The topological polar surface area (TPSA) is 68.0 Å². The number of nitrogens with two attached hydrogens (primary N) is 1. The van der Waals surface area contributed by atoms with Crippen molar-refractivity contribution in [2.24, 2.45) is 0 Å². The number of rotatable bonds is 2. The van der Waals surface area contributed by atoms with E-state index in [2.05, 4.69) is 10.3 Å². The minimum atomic E-state index is -0.401. The largest absolute Gasteiger partial charge is 0.398 e. The van der Waals surface area contributed by atoms with Crippen molar-refractivity contribution in [2.75, 3.05) is 5.73 Å². The standard InChI is InChI=1S/C13H12FN3O/c14-9-3-4-10(15)11-8(9)5-6-16-12(11)13(18)17-7-1-2-7/h3-7H,1-2,15H2,(H,17,18). The Morgan fingerprint density at radius 2 is 2.17 bits per heavy atom. The van der Waals surface area contributed by atoms with Crippen LogP contribution in [0.2, 0.25) is 0 Å². The molecule has 1 aromatic heterocycles. The summed E-state index contributed by atoms with van der Waals surface area (Å²) >= 11 is 0. The van der Waals surface area contributed by atoms with Crippen LogP contribution in [0.3, 0.4) is 0 Å². The van der Waals surface area contributed by atoms with E-state index in [-0.39, 0.29) is 17.6 Å². The molecule has 0 saturated heterocycles. The second-order valence-corrected chi connectivity index (χ2v) is 4.47. The second kappa shape index (κ2) is 3.94. The van der Waals surface area contributed by atoms with E-state index >= 15 is 0 Å². The van der Waals surface area contributed by atoms with E-state index in [4.69, 9.17) is 5.73 Å². The number of nitrogens with one attached hydrogen (secondary N) is 1. The van der Waals surface area contributed by atoms with Crippen molar-refractivity contribution in [2.45, 2.75) is 18.9 Å². The molecule has 1 aliphatic rings. The molecular formula is C13H12FN3O. The maximum absolute atomic E-state index is 13.7. The number of anilines is 1. The van der Waals surface area contributed by atoms with Crippen LogP contribution in [0.4, 0.5) is 10.1 Å². The van der Waals surface area contributed by atoms with Crippen molar-refractivity contribution in [3.05, 3.63) is 35.9 Å². The molecule has 1 fully saturated rings. The highest BCUT2D eigenvalue weighted by molar-refractivity contribution is 6.09. The van der Waals surface area contributed by atoms with Crippen molar-refractivity contribution >= 4 is 22.4 Å². The number of hydrogen-bond acceptors (Lipinski definition) is 3. The molecule has 5 heteroatoms. The fourth-order valence-electron chi connectivity index (χ4n) is 1.94. The lowest BCUT2D eigenvalue weighted by molar-refractivity contribution is 0.0948. The molecule has 92 valence electrons. The van der Waals surface area contributed by atoms with Gasteiger partial charge in [0.25, 0.3) is 5.91 Å². The normalized spacial score (nSPS) is 14.7. The Bertz CT molecular complexity index is 637. The van der Waals surface area contributed by atoms with E-state index in [0.29, 0.717) is 16.5 Å². The molecule has 2 aromatic rings. The number of carbonyl (C=O) groups excluding carboxylic acids is 1. The number of nitrogen functional groups attached to an aromatic ring is 1. The van der Waals surface area contributed by atoms with Crippen LogP contribution in [0.1, 0.15) is 23.3 Å². The number of carbonyl (C=O) groups is 1. The summed E-state index contributed by atoms with van der Waals surface area (Å²) in [4.78, 5) is 16.1. The van der Waals surface area contributed by atoms with Crippen molar-refractivity contribution in [3.8, 4) is 0 Å². The SMILES string of the molecule is Nc1ccc(F)c2ccnc(C(=O)NC3CC3)c12. The van der Waals surface area contributed by atoms with E-state index in [1.54, 1.807) is 0 Å². The van der Waals surface area contributed by atoms with Crippen LogP contribution < -0.4 is 11.1 Å². The molecular weight excluding hydrogens is 233 g/mol. The molecule has 1 heterocycles. The monoisotopic (exact) mass is 245 g/mol. The number of benzene rings is 1. The van der Waals surface area contributed by atoms with Crippen LogP contribution in [-0.4, -0.2) is 16.9 Å². The van der Waals surface area contributed by atoms with Gasteiger partial charge in [-0.05, 0) is 31.0 Å². The third-order valence-corrected chi connectivity index (χ3v) is 3.03. The van der Waals surface area contributed by atoms with Crippen molar-refractivity contribution in [3.63, 3.8) is 0 Å².